The van der Waals surface area contributed by atoms with Crippen LogP contribution in [0.2, 0.25) is 0 Å². The Kier molecular flexibility index (Phi) is 12.4. The number of rotatable bonds is 10. The van der Waals surface area contributed by atoms with E-state index in [4.69, 9.17) is 9.47 Å². The maximum Gasteiger partial charge on any atom is 0.407 e. The molecule has 2 aromatic heterocycles. The molecule has 294 valence electrons. The lowest BCUT2D eigenvalue weighted by Gasteiger charge is -2.30. The fourth-order valence-electron chi connectivity index (χ4n) is 7.30. The van der Waals surface area contributed by atoms with Gasteiger partial charge in [0.2, 0.25) is 11.8 Å². The molecule has 0 aliphatic carbocycles. The zero-order valence-corrected chi connectivity index (χ0v) is 32.7. The number of nitrogens with one attached hydrogen (secondary N) is 4. The van der Waals surface area contributed by atoms with E-state index >= 15 is 0 Å². The first-order chi connectivity index (χ1) is 27.0. The summed E-state index contributed by atoms with van der Waals surface area (Å²) in [6.45, 7) is 8.76. The molecule has 4 amide bonds. The first-order valence-electron chi connectivity index (χ1n) is 19.1. The van der Waals surface area contributed by atoms with Gasteiger partial charge in [-0.15, -0.1) is 0 Å². The molecule has 56 heavy (non-hydrogen) atoms. The summed E-state index contributed by atoms with van der Waals surface area (Å²) >= 11 is 0. The highest BCUT2D eigenvalue weighted by atomic mass is 16.5. The van der Waals surface area contributed by atoms with E-state index in [1.807, 2.05) is 76.2 Å². The molecule has 2 aliphatic rings. The molecular weight excluding hydrogens is 713 g/mol. The number of amides is 4. The molecule has 2 aliphatic heterocycles. The third kappa shape index (κ3) is 8.88. The standard InChI is InChI=1S/C42H50N8O6/c1-25(2)35(47-41(53)55-5)39(51)49-21-7-9-33(49)37-43-23-31(45-37)29-17-13-27(14-18-29)11-12-28-15-19-30(20-16-28)32-24-44-38(46-32)34-10-8-22-50(34)40(52)36(26(3)4)48-42(54)56-6/h13-20,23-26,33-36H,7-10,21-22H2,1-6H3,(H,43,45)(H,44,46)(H,47,53)(H,48,54)/t33-,34-,35-,36+/m1/s1. The van der Waals surface area contributed by atoms with Crippen molar-refractivity contribution in [3.8, 4) is 34.4 Å². The molecule has 4 N–H and O–H groups in total. The van der Waals surface area contributed by atoms with Crippen LogP contribution in [0.3, 0.4) is 0 Å². The van der Waals surface area contributed by atoms with E-state index in [1.165, 1.54) is 14.2 Å². The Morgan fingerprint density at radius 3 is 1.38 bits per heavy atom. The molecule has 14 nitrogen and oxygen atoms in total. The number of imidazole rings is 2. The second-order valence-electron chi connectivity index (χ2n) is 14.9. The number of likely N-dealkylation sites (tertiary alicyclic amines) is 2. The van der Waals surface area contributed by atoms with E-state index in [2.05, 4.69) is 42.4 Å². The Bertz CT molecular complexity index is 1930. The normalized spacial score (nSPS) is 17.6. The Labute approximate surface area is 327 Å². The summed E-state index contributed by atoms with van der Waals surface area (Å²) in [5.74, 6) is 7.41. The summed E-state index contributed by atoms with van der Waals surface area (Å²) in [6, 6.07) is 14.0. The van der Waals surface area contributed by atoms with Crippen molar-refractivity contribution in [2.45, 2.75) is 77.5 Å². The van der Waals surface area contributed by atoms with Crippen molar-refractivity contribution >= 4 is 24.0 Å². The van der Waals surface area contributed by atoms with Gasteiger partial charge in [-0.2, -0.15) is 0 Å². The summed E-state index contributed by atoms with van der Waals surface area (Å²) in [5.41, 5.74) is 5.29. The van der Waals surface area contributed by atoms with Gasteiger partial charge in [-0.25, -0.2) is 19.6 Å². The molecule has 0 saturated carbocycles. The van der Waals surface area contributed by atoms with Crippen molar-refractivity contribution in [3.05, 3.63) is 83.7 Å². The zero-order chi connectivity index (χ0) is 39.9. The van der Waals surface area contributed by atoms with Crippen molar-refractivity contribution in [1.29, 1.82) is 0 Å². The quantitative estimate of drug-likeness (QED) is 0.143. The molecule has 4 atom stereocenters. The van der Waals surface area contributed by atoms with Crippen LogP contribution in [0.4, 0.5) is 9.59 Å². The highest BCUT2D eigenvalue weighted by Gasteiger charge is 2.39. The number of methoxy groups -OCH3 is 2. The van der Waals surface area contributed by atoms with Crippen LogP contribution in [0.25, 0.3) is 22.5 Å². The molecule has 0 bridgehead atoms. The number of ether oxygens (including phenoxy) is 2. The van der Waals surface area contributed by atoms with Crippen molar-refractivity contribution in [2.24, 2.45) is 11.8 Å². The molecule has 4 heterocycles. The van der Waals surface area contributed by atoms with Gasteiger partial charge in [0.25, 0.3) is 0 Å². The van der Waals surface area contributed by atoms with Crippen LogP contribution < -0.4 is 10.6 Å². The van der Waals surface area contributed by atoms with Crippen molar-refractivity contribution < 1.29 is 28.7 Å². The third-order valence-electron chi connectivity index (χ3n) is 10.4. The molecule has 2 saturated heterocycles. The fourth-order valence-corrected chi connectivity index (χ4v) is 7.30. The van der Waals surface area contributed by atoms with Gasteiger partial charge in [-0.1, -0.05) is 63.8 Å². The second kappa shape index (κ2) is 17.6. The lowest BCUT2D eigenvalue weighted by Crippen LogP contribution is -2.51. The summed E-state index contributed by atoms with van der Waals surface area (Å²) < 4.78 is 9.49. The Morgan fingerprint density at radius 1 is 0.661 bits per heavy atom. The molecule has 0 radical (unpaired) electrons. The number of H-pyrrole nitrogens is 2. The largest absolute Gasteiger partial charge is 0.453 e. The molecule has 4 aromatic rings. The number of aromatic nitrogens is 4. The van der Waals surface area contributed by atoms with Crippen LogP contribution >= 0.6 is 0 Å². The number of hydrogen-bond acceptors (Lipinski definition) is 8. The first-order valence-corrected chi connectivity index (χ1v) is 19.1. The van der Waals surface area contributed by atoms with Gasteiger partial charge in [-0.3, -0.25) is 9.59 Å². The molecular formula is C42H50N8O6. The molecule has 6 rings (SSSR count). The Hall–Kier alpha value is -6.10. The maximum absolute atomic E-state index is 13.5. The summed E-state index contributed by atoms with van der Waals surface area (Å²) in [4.78, 5) is 70.5. The predicted octanol–water partition coefficient (Wildman–Crippen LogP) is 5.95. The first kappa shape index (κ1) is 39.6. The lowest BCUT2D eigenvalue weighted by atomic mass is 10.0. The van der Waals surface area contributed by atoms with Crippen LogP contribution in [0.15, 0.2) is 60.9 Å². The van der Waals surface area contributed by atoms with Crippen LogP contribution in [0, 0.1) is 23.7 Å². The molecule has 0 unspecified atom stereocenters. The summed E-state index contributed by atoms with van der Waals surface area (Å²) in [5, 5.41) is 5.37. The van der Waals surface area contributed by atoms with Crippen LogP contribution in [-0.2, 0) is 19.1 Å². The minimum absolute atomic E-state index is 0.106. The van der Waals surface area contributed by atoms with E-state index in [9.17, 15) is 19.2 Å². The van der Waals surface area contributed by atoms with Gasteiger partial charge in [0.05, 0.1) is 50.1 Å². The number of hydrogen-bond donors (Lipinski definition) is 4. The number of aromatic amines is 2. The summed E-state index contributed by atoms with van der Waals surface area (Å²) in [7, 11) is 2.57. The van der Waals surface area contributed by atoms with E-state index in [0.29, 0.717) is 24.7 Å². The molecule has 14 heteroatoms. The van der Waals surface area contributed by atoms with Gasteiger partial charge in [0, 0.05) is 24.2 Å². The highest BCUT2D eigenvalue weighted by Crippen LogP contribution is 2.34. The van der Waals surface area contributed by atoms with Crippen LogP contribution in [0.1, 0.15) is 88.2 Å². The van der Waals surface area contributed by atoms with Crippen molar-refractivity contribution in [3.63, 3.8) is 0 Å². The Morgan fingerprint density at radius 2 is 1.04 bits per heavy atom. The number of benzene rings is 2. The monoisotopic (exact) mass is 762 g/mol. The topological polar surface area (TPSA) is 175 Å². The van der Waals surface area contributed by atoms with E-state index < -0.39 is 24.3 Å². The van der Waals surface area contributed by atoms with Gasteiger partial charge < -0.3 is 39.9 Å². The number of carbonyl (C=O) groups excluding carboxylic acids is 4. The van der Waals surface area contributed by atoms with Crippen LogP contribution in [0.5, 0.6) is 0 Å². The zero-order valence-electron chi connectivity index (χ0n) is 32.7. The van der Waals surface area contributed by atoms with Gasteiger partial charge >= 0.3 is 12.2 Å². The highest BCUT2D eigenvalue weighted by molar-refractivity contribution is 5.87. The smallest absolute Gasteiger partial charge is 0.407 e. The average molecular weight is 763 g/mol. The summed E-state index contributed by atoms with van der Waals surface area (Å²) in [6.07, 6.45) is 5.55. The van der Waals surface area contributed by atoms with Crippen molar-refractivity contribution in [1.82, 2.24) is 40.4 Å². The number of alkyl carbamates (subject to hydrolysis) is 2. The molecule has 2 aromatic carbocycles. The van der Waals surface area contributed by atoms with E-state index in [-0.39, 0.29) is 35.7 Å². The Balaban J connectivity index is 1.08. The maximum atomic E-state index is 13.5. The minimum Gasteiger partial charge on any atom is -0.453 e. The lowest BCUT2D eigenvalue weighted by molar-refractivity contribution is -0.136. The SMILES string of the molecule is COC(=O)N[C@H](C(=O)N1CCC[C@@H]1c1ncc(-c2ccc(C#Cc3ccc(-c4cnc([C@H]5CCCN5C(=O)[C@H](NC(=O)OC)C(C)C)[nH]4)cc3)cc2)[nH]1)C(C)C. The number of carbonyl (C=O) groups is 4. The van der Waals surface area contributed by atoms with E-state index in [0.717, 1.165) is 59.3 Å². The van der Waals surface area contributed by atoms with Gasteiger partial charge in [0.1, 0.15) is 23.7 Å². The fraction of sp³-hybridized carbons (Fsp3) is 0.429. The molecule has 0 spiro atoms. The predicted molar refractivity (Wildman–Crippen MR) is 210 cm³/mol. The third-order valence-corrected chi connectivity index (χ3v) is 10.4. The van der Waals surface area contributed by atoms with Crippen molar-refractivity contribution in [2.75, 3.05) is 27.3 Å². The number of nitrogens with zero attached hydrogens (tertiary/aromatic N) is 4. The molecule has 2 fully saturated rings. The average Bonchev–Trinajstić information content (AvgIpc) is 4.04. The van der Waals surface area contributed by atoms with Crippen LogP contribution in [-0.4, -0.2) is 93.1 Å². The van der Waals surface area contributed by atoms with Gasteiger partial charge in [-0.05, 0) is 72.9 Å². The minimum atomic E-state index is -0.690. The second-order valence-corrected chi connectivity index (χ2v) is 14.9. The van der Waals surface area contributed by atoms with Gasteiger partial charge in [0.15, 0.2) is 0 Å². The van der Waals surface area contributed by atoms with E-state index in [1.54, 1.807) is 22.2 Å².